The summed E-state index contributed by atoms with van der Waals surface area (Å²) in [5.74, 6) is 0.733. The quantitative estimate of drug-likeness (QED) is 0.501. The second kappa shape index (κ2) is 11.2. The molecule has 0 aliphatic carbocycles. The lowest BCUT2D eigenvalue weighted by atomic mass is 10.1. The molecule has 0 heterocycles. The molecule has 0 amide bonds. The number of aryl methyl sites for hydroxylation is 1. The molecule has 7 heteroatoms. The number of guanidine groups is 1. The first-order chi connectivity index (χ1) is 13.5. The molecule has 2 aromatic carbocycles. The van der Waals surface area contributed by atoms with Gasteiger partial charge in [-0.3, -0.25) is 4.99 Å². The summed E-state index contributed by atoms with van der Waals surface area (Å²) in [6.45, 7) is 3.21. The van der Waals surface area contributed by atoms with E-state index in [1.807, 2.05) is 44.2 Å². The van der Waals surface area contributed by atoms with E-state index in [1.54, 1.807) is 19.2 Å². The Morgan fingerprint density at radius 2 is 1.71 bits per heavy atom. The molecule has 2 N–H and O–H groups in total. The Labute approximate surface area is 164 Å². The molecule has 0 radical (unpaired) electrons. The standard InChI is InChI=1S/C21H27F2N3O2/c1-4-27-14-17-8-6-16(7-9-17)12-25-21(24-3)26-13-18-11-15(2)5-10-19(18)28-20(22)23/h5-11,20H,4,12-14H2,1-3H3,(H2,24,25,26). The third kappa shape index (κ3) is 7.15. The second-order valence-electron chi connectivity index (χ2n) is 6.22. The van der Waals surface area contributed by atoms with Gasteiger partial charge in [0.2, 0.25) is 0 Å². The SMILES string of the molecule is CCOCc1ccc(CNC(=NC)NCc2cc(C)ccc2OC(F)F)cc1. The third-order valence-corrected chi connectivity index (χ3v) is 4.06. The molecule has 0 bridgehead atoms. The van der Waals surface area contributed by atoms with E-state index in [4.69, 9.17) is 4.74 Å². The van der Waals surface area contributed by atoms with Crippen molar-refractivity contribution in [1.29, 1.82) is 0 Å². The van der Waals surface area contributed by atoms with Crippen LogP contribution in [0.15, 0.2) is 47.5 Å². The van der Waals surface area contributed by atoms with Crippen LogP contribution in [0.2, 0.25) is 0 Å². The monoisotopic (exact) mass is 391 g/mol. The minimum absolute atomic E-state index is 0.161. The lowest BCUT2D eigenvalue weighted by Crippen LogP contribution is -2.36. The van der Waals surface area contributed by atoms with Crippen molar-refractivity contribution in [2.75, 3.05) is 13.7 Å². The lowest BCUT2D eigenvalue weighted by molar-refractivity contribution is -0.0504. The lowest BCUT2D eigenvalue weighted by Gasteiger charge is -2.15. The van der Waals surface area contributed by atoms with E-state index in [9.17, 15) is 8.78 Å². The highest BCUT2D eigenvalue weighted by Crippen LogP contribution is 2.22. The molecule has 0 spiro atoms. The molecule has 0 aliphatic heterocycles. The highest BCUT2D eigenvalue weighted by atomic mass is 19.3. The van der Waals surface area contributed by atoms with Crippen molar-refractivity contribution < 1.29 is 18.3 Å². The molecule has 0 aliphatic rings. The molecule has 0 unspecified atom stereocenters. The second-order valence-corrected chi connectivity index (χ2v) is 6.22. The maximum atomic E-state index is 12.6. The van der Waals surface area contributed by atoms with Crippen LogP contribution < -0.4 is 15.4 Å². The number of alkyl halides is 2. The number of rotatable bonds is 9. The predicted molar refractivity (Wildman–Crippen MR) is 107 cm³/mol. The normalized spacial score (nSPS) is 11.6. The van der Waals surface area contributed by atoms with E-state index < -0.39 is 6.61 Å². The van der Waals surface area contributed by atoms with Gasteiger partial charge in [0.15, 0.2) is 5.96 Å². The zero-order chi connectivity index (χ0) is 20.4. The van der Waals surface area contributed by atoms with Gasteiger partial charge in [-0.25, -0.2) is 0 Å². The van der Waals surface area contributed by atoms with E-state index >= 15 is 0 Å². The van der Waals surface area contributed by atoms with Crippen molar-refractivity contribution in [3.8, 4) is 5.75 Å². The fourth-order valence-corrected chi connectivity index (χ4v) is 2.62. The summed E-state index contributed by atoms with van der Waals surface area (Å²) in [6.07, 6.45) is 0. The van der Waals surface area contributed by atoms with Gasteiger partial charge in [0.05, 0.1) is 6.61 Å². The number of aliphatic imine (C=N–C) groups is 1. The van der Waals surface area contributed by atoms with Crippen molar-refractivity contribution >= 4 is 5.96 Å². The topological polar surface area (TPSA) is 54.9 Å². The highest BCUT2D eigenvalue weighted by molar-refractivity contribution is 5.79. The van der Waals surface area contributed by atoms with Crippen LogP contribution in [-0.2, 0) is 24.4 Å². The van der Waals surface area contributed by atoms with Crippen LogP contribution in [0.5, 0.6) is 5.75 Å². The molecule has 0 atom stereocenters. The smallest absolute Gasteiger partial charge is 0.387 e. The molecular weight excluding hydrogens is 364 g/mol. The Morgan fingerprint density at radius 3 is 2.36 bits per heavy atom. The van der Waals surface area contributed by atoms with Gasteiger partial charge in [-0.05, 0) is 31.0 Å². The molecule has 0 aromatic heterocycles. The largest absolute Gasteiger partial charge is 0.434 e. The molecule has 5 nitrogen and oxygen atoms in total. The van der Waals surface area contributed by atoms with Crippen LogP contribution in [0.3, 0.4) is 0 Å². The van der Waals surface area contributed by atoms with E-state index in [-0.39, 0.29) is 5.75 Å². The number of ether oxygens (including phenoxy) is 2. The number of hydrogen-bond acceptors (Lipinski definition) is 3. The van der Waals surface area contributed by atoms with Crippen molar-refractivity contribution in [1.82, 2.24) is 10.6 Å². The summed E-state index contributed by atoms with van der Waals surface area (Å²) >= 11 is 0. The van der Waals surface area contributed by atoms with Gasteiger partial charge < -0.3 is 20.1 Å². The molecule has 28 heavy (non-hydrogen) atoms. The predicted octanol–water partition coefficient (Wildman–Crippen LogP) is 4.00. The zero-order valence-electron chi connectivity index (χ0n) is 16.5. The summed E-state index contributed by atoms with van der Waals surface area (Å²) in [5, 5.41) is 6.34. The molecule has 0 saturated heterocycles. The minimum Gasteiger partial charge on any atom is -0.434 e. The fourth-order valence-electron chi connectivity index (χ4n) is 2.62. The van der Waals surface area contributed by atoms with Gasteiger partial charge in [-0.2, -0.15) is 8.78 Å². The number of hydrogen-bond donors (Lipinski definition) is 2. The van der Waals surface area contributed by atoms with E-state index in [0.29, 0.717) is 37.8 Å². The zero-order valence-corrected chi connectivity index (χ0v) is 16.5. The molecule has 2 aromatic rings. The van der Waals surface area contributed by atoms with Crippen LogP contribution in [0.4, 0.5) is 8.78 Å². The molecular formula is C21H27F2N3O2. The Balaban J connectivity index is 1.90. The van der Waals surface area contributed by atoms with Gasteiger partial charge in [0.1, 0.15) is 5.75 Å². The van der Waals surface area contributed by atoms with Crippen molar-refractivity contribution in [2.24, 2.45) is 4.99 Å². The van der Waals surface area contributed by atoms with Gasteiger partial charge in [-0.15, -0.1) is 0 Å². The van der Waals surface area contributed by atoms with Crippen LogP contribution in [-0.4, -0.2) is 26.2 Å². The summed E-state index contributed by atoms with van der Waals surface area (Å²) in [7, 11) is 1.66. The minimum atomic E-state index is -2.86. The van der Waals surface area contributed by atoms with Gasteiger partial charge in [0, 0.05) is 32.3 Å². The number of halogens is 2. The Morgan fingerprint density at radius 1 is 1.04 bits per heavy atom. The molecule has 2 rings (SSSR count). The average molecular weight is 391 g/mol. The van der Waals surface area contributed by atoms with Crippen LogP contribution in [0.1, 0.15) is 29.2 Å². The number of nitrogens with zero attached hydrogens (tertiary/aromatic N) is 1. The summed E-state index contributed by atoms with van der Waals surface area (Å²) < 4.78 is 35.1. The first kappa shape index (κ1) is 21.6. The highest BCUT2D eigenvalue weighted by Gasteiger charge is 2.10. The fraction of sp³-hybridized carbons (Fsp3) is 0.381. The van der Waals surface area contributed by atoms with Crippen molar-refractivity contribution in [2.45, 2.75) is 40.2 Å². The molecule has 0 saturated carbocycles. The first-order valence-corrected chi connectivity index (χ1v) is 9.16. The number of benzene rings is 2. The number of nitrogens with one attached hydrogen (secondary N) is 2. The van der Waals surface area contributed by atoms with Gasteiger partial charge in [0.25, 0.3) is 0 Å². The van der Waals surface area contributed by atoms with Crippen LogP contribution in [0.25, 0.3) is 0 Å². The van der Waals surface area contributed by atoms with Crippen LogP contribution >= 0.6 is 0 Å². The van der Waals surface area contributed by atoms with Crippen LogP contribution in [0, 0.1) is 6.92 Å². The van der Waals surface area contributed by atoms with E-state index in [1.165, 1.54) is 0 Å². The summed E-state index contributed by atoms with van der Waals surface area (Å²) in [5.41, 5.74) is 3.83. The van der Waals surface area contributed by atoms with Gasteiger partial charge in [-0.1, -0.05) is 42.0 Å². The van der Waals surface area contributed by atoms with E-state index in [2.05, 4.69) is 20.4 Å². The maximum Gasteiger partial charge on any atom is 0.387 e. The van der Waals surface area contributed by atoms with Crippen molar-refractivity contribution in [3.63, 3.8) is 0 Å². The molecule has 152 valence electrons. The van der Waals surface area contributed by atoms with Gasteiger partial charge >= 0.3 is 6.61 Å². The van der Waals surface area contributed by atoms with E-state index in [0.717, 1.165) is 16.7 Å². The maximum absolute atomic E-state index is 12.6. The first-order valence-electron chi connectivity index (χ1n) is 9.16. The average Bonchev–Trinajstić information content (AvgIpc) is 2.69. The Kier molecular flexibility index (Phi) is 8.68. The molecule has 0 fully saturated rings. The summed E-state index contributed by atoms with van der Waals surface area (Å²) in [4.78, 5) is 4.17. The van der Waals surface area contributed by atoms with Crippen molar-refractivity contribution in [3.05, 3.63) is 64.7 Å². The Hall–Kier alpha value is -2.67. The third-order valence-electron chi connectivity index (χ3n) is 4.06. The summed E-state index contributed by atoms with van der Waals surface area (Å²) in [6, 6.07) is 13.2. The Bertz CT molecular complexity index is 765.